The van der Waals surface area contributed by atoms with E-state index < -0.39 is 0 Å². The largest absolute Gasteiger partial charge is 0.308 e. The Kier molecular flexibility index (Phi) is 4.19. The minimum absolute atomic E-state index is 0.361. The summed E-state index contributed by atoms with van der Waals surface area (Å²) < 4.78 is 0. The lowest BCUT2D eigenvalue weighted by Gasteiger charge is -2.46. The summed E-state index contributed by atoms with van der Waals surface area (Å²) in [7, 11) is 0. The molecule has 1 aliphatic carbocycles. The molecule has 1 unspecified atom stereocenters. The van der Waals surface area contributed by atoms with Crippen molar-refractivity contribution in [1.82, 2.24) is 10.2 Å². The van der Waals surface area contributed by atoms with Crippen LogP contribution in [-0.2, 0) is 6.54 Å². The number of rotatable bonds is 3. The van der Waals surface area contributed by atoms with Crippen LogP contribution in [0.4, 0.5) is 0 Å². The normalized spacial score (nSPS) is 24.1. The lowest BCUT2D eigenvalue weighted by molar-refractivity contribution is 0.0735. The summed E-state index contributed by atoms with van der Waals surface area (Å²) in [6, 6.07) is 22.4. The van der Waals surface area contributed by atoms with Crippen molar-refractivity contribution >= 4 is 0 Å². The molecule has 4 rings (SSSR count). The molecule has 2 aliphatic rings. The van der Waals surface area contributed by atoms with Gasteiger partial charge in [-0.2, -0.15) is 0 Å². The van der Waals surface area contributed by atoms with E-state index in [1.54, 1.807) is 0 Å². The van der Waals surface area contributed by atoms with Gasteiger partial charge in [0.2, 0.25) is 0 Å². The van der Waals surface area contributed by atoms with Crippen molar-refractivity contribution in [3.05, 3.63) is 71.8 Å². The van der Waals surface area contributed by atoms with Crippen molar-refractivity contribution < 1.29 is 0 Å². The predicted octanol–water partition coefficient (Wildman–Crippen LogP) is 4.15. The Hall–Kier alpha value is -1.64. The molecule has 1 N–H and O–H groups in total. The molecular weight excluding hydrogens is 280 g/mol. The maximum Gasteiger partial charge on any atom is 0.0477 e. The van der Waals surface area contributed by atoms with Crippen molar-refractivity contribution in [2.24, 2.45) is 0 Å². The van der Waals surface area contributed by atoms with Crippen LogP contribution >= 0.6 is 0 Å². The summed E-state index contributed by atoms with van der Waals surface area (Å²) in [6.07, 6.45) is 5.42. The Balaban J connectivity index is 1.60. The first kappa shape index (κ1) is 14.9. The summed E-state index contributed by atoms with van der Waals surface area (Å²) in [4.78, 5) is 2.70. The molecule has 1 atom stereocenters. The van der Waals surface area contributed by atoms with Crippen LogP contribution < -0.4 is 5.32 Å². The van der Waals surface area contributed by atoms with Gasteiger partial charge in [-0.15, -0.1) is 0 Å². The molecule has 0 aromatic heterocycles. The molecule has 23 heavy (non-hydrogen) atoms. The molecule has 1 aliphatic heterocycles. The summed E-state index contributed by atoms with van der Waals surface area (Å²) in [6.45, 7) is 3.28. The average Bonchev–Trinajstić information content (AvgIpc) is 3.05. The number of nitrogens with zero attached hydrogens (tertiary/aromatic N) is 1. The second-order valence-corrected chi connectivity index (χ2v) is 7.19. The molecule has 0 bridgehead atoms. The smallest absolute Gasteiger partial charge is 0.0477 e. The third-order valence-electron chi connectivity index (χ3n) is 5.59. The molecule has 1 saturated heterocycles. The first-order valence-corrected chi connectivity index (χ1v) is 8.93. The highest BCUT2D eigenvalue weighted by atomic mass is 15.3. The number of benzene rings is 2. The number of hydrogen-bond acceptors (Lipinski definition) is 2. The Morgan fingerprint density at radius 2 is 1.57 bits per heavy atom. The zero-order valence-corrected chi connectivity index (χ0v) is 13.7. The van der Waals surface area contributed by atoms with E-state index in [0.29, 0.717) is 11.6 Å². The van der Waals surface area contributed by atoms with Gasteiger partial charge in [0.05, 0.1) is 0 Å². The van der Waals surface area contributed by atoms with Crippen LogP contribution in [0.5, 0.6) is 0 Å². The number of hydrogen-bond donors (Lipinski definition) is 1. The summed E-state index contributed by atoms with van der Waals surface area (Å²) in [5.41, 5.74) is 3.22. The van der Waals surface area contributed by atoms with Gasteiger partial charge in [0.25, 0.3) is 0 Å². The monoisotopic (exact) mass is 306 g/mol. The second-order valence-electron chi connectivity index (χ2n) is 7.19. The Labute approximate surface area is 139 Å². The van der Waals surface area contributed by atoms with E-state index in [9.17, 15) is 0 Å². The molecule has 1 saturated carbocycles. The van der Waals surface area contributed by atoms with Gasteiger partial charge >= 0.3 is 0 Å². The van der Waals surface area contributed by atoms with E-state index in [0.717, 1.165) is 13.1 Å². The highest BCUT2D eigenvalue weighted by Crippen LogP contribution is 2.37. The average molecular weight is 306 g/mol. The number of piperazine rings is 1. The van der Waals surface area contributed by atoms with Crippen LogP contribution in [0.1, 0.15) is 42.9 Å². The fourth-order valence-electron chi connectivity index (χ4n) is 4.37. The maximum atomic E-state index is 3.92. The molecule has 120 valence electrons. The van der Waals surface area contributed by atoms with Crippen LogP contribution in [0.3, 0.4) is 0 Å². The molecule has 2 heteroatoms. The van der Waals surface area contributed by atoms with Crippen molar-refractivity contribution in [3.63, 3.8) is 0 Å². The van der Waals surface area contributed by atoms with Crippen LogP contribution in [0.25, 0.3) is 0 Å². The Morgan fingerprint density at radius 3 is 2.26 bits per heavy atom. The minimum Gasteiger partial charge on any atom is -0.308 e. The van der Waals surface area contributed by atoms with Crippen molar-refractivity contribution in [2.75, 3.05) is 13.1 Å². The molecule has 2 nitrogen and oxygen atoms in total. The lowest BCUT2D eigenvalue weighted by atomic mass is 9.90. The molecule has 1 spiro atoms. The molecule has 2 aromatic rings. The summed E-state index contributed by atoms with van der Waals surface area (Å²) >= 11 is 0. The predicted molar refractivity (Wildman–Crippen MR) is 95.2 cm³/mol. The van der Waals surface area contributed by atoms with Crippen LogP contribution in [0, 0.1) is 0 Å². The molecule has 1 heterocycles. The fraction of sp³-hybridized carbons (Fsp3) is 0.429. The summed E-state index contributed by atoms with van der Waals surface area (Å²) in [5, 5.41) is 3.92. The topological polar surface area (TPSA) is 15.3 Å². The van der Waals surface area contributed by atoms with Crippen molar-refractivity contribution in [1.29, 1.82) is 0 Å². The van der Waals surface area contributed by atoms with Gasteiger partial charge in [-0.05, 0) is 24.0 Å². The highest BCUT2D eigenvalue weighted by molar-refractivity contribution is 5.23. The van der Waals surface area contributed by atoms with E-state index in [2.05, 4.69) is 70.9 Å². The first-order chi connectivity index (χ1) is 11.3. The van der Waals surface area contributed by atoms with Crippen LogP contribution in [0.2, 0.25) is 0 Å². The van der Waals surface area contributed by atoms with E-state index in [1.807, 2.05) is 0 Å². The third kappa shape index (κ3) is 3.19. The van der Waals surface area contributed by atoms with Crippen LogP contribution in [-0.4, -0.2) is 23.5 Å². The van der Waals surface area contributed by atoms with Crippen molar-refractivity contribution in [3.8, 4) is 0 Å². The van der Waals surface area contributed by atoms with Crippen molar-refractivity contribution in [2.45, 2.75) is 43.8 Å². The van der Waals surface area contributed by atoms with Gasteiger partial charge in [-0.25, -0.2) is 0 Å². The fourth-order valence-corrected chi connectivity index (χ4v) is 4.37. The van der Waals surface area contributed by atoms with Gasteiger partial charge in [-0.1, -0.05) is 73.5 Å². The molecule has 0 radical (unpaired) electrons. The Morgan fingerprint density at radius 1 is 0.913 bits per heavy atom. The van der Waals surface area contributed by atoms with Gasteiger partial charge in [0.1, 0.15) is 0 Å². The maximum absolute atomic E-state index is 3.92. The zero-order chi connectivity index (χ0) is 15.5. The lowest BCUT2D eigenvalue weighted by Crippen LogP contribution is -2.59. The molecule has 2 fully saturated rings. The summed E-state index contributed by atoms with van der Waals surface area (Å²) in [5.74, 6) is 0. The van der Waals surface area contributed by atoms with Gasteiger partial charge < -0.3 is 5.32 Å². The first-order valence-electron chi connectivity index (χ1n) is 8.93. The van der Waals surface area contributed by atoms with E-state index in [4.69, 9.17) is 0 Å². The third-order valence-corrected chi connectivity index (χ3v) is 5.59. The number of nitrogens with one attached hydrogen (secondary N) is 1. The van der Waals surface area contributed by atoms with E-state index in [-0.39, 0.29) is 0 Å². The molecular formula is C21H26N2. The second kappa shape index (κ2) is 6.46. The molecule has 0 amide bonds. The van der Waals surface area contributed by atoms with Crippen LogP contribution in [0.15, 0.2) is 60.7 Å². The van der Waals surface area contributed by atoms with Gasteiger partial charge in [-0.3, -0.25) is 4.90 Å². The minimum atomic E-state index is 0.361. The highest BCUT2D eigenvalue weighted by Gasteiger charge is 2.41. The standard InChI is InChI=1S/C21H26N2/c1-3-9-18(10-4-1)16-23-17-21(13-7-8-14-21)22-15-20(23)19-11-5-2-6-12-19/h1-6,9-12,20,22H,7-8,13-17H2. The van der Waals surface area contributed by atoms with Gasteiger partial charge in [0, 0.05) is 31.2 Å². The quantitative estimate of drug-likeness (QED) is 0.916. The zero-order valence-electron chi connectivity index (χ0n) is 13.7. The van der Waals surface area contributed by atoms with E-state index >= 15 is 0 Å². The van der Waals surface area contributed by atoms with Gasteiger partial charge in [0.15, 0.2) is 0 Å². The SMILES string of the molecule is c1ccc(CN2CC3(CCCC3)NCC2c2ccccc2)cc1. The molecule has 2 aromatic carbocycles. The van der Waals surface area contributed by atoms with E-state index in [1.165, 1.54) is 43.4 Å². The Bertz CT molecular complexity index is 617.